The van der Waals surface area contributed by atoms with Crippen LogP contribution in [0.15, 0.2) is 23.2 Å². The van der Waals surface area contributed by atoms with Crippen LogP contribution < -0.4 is 4.74 Å². The summed E-state index contributed by atoms with van der Waals surface area (Å²) in [5, 5.41) is 0. The van der Waals surface area contributed by atoms with Crippen molar-refractivity contribution in [2.24, 2.45) is 4.99 Å². The Kier molecular flexibility index (Phi) is 3.89. The number of aryl methyl sites for hydroxylation is 1. The van der Waals surface area contributed by atoms with Crippen LogP contribution in [0.5, 0.6) is 5.75 Å². The minimum absolute atomic E-state index is 0.564. The van der Waals surface area contributed by atoms with E-state index in [4.69, 9.17) is 4.74 Å². The second kappa shape index (κ2) is 5.20. The van der Waals surface area contributed by atoms with Crippen LogP contribution in [0.25, 0.3) is 0 Å². The average molecular weight is 191 g/mol. The van der Waals surface area contributed by atoms with Gasteiger partial charge in [-0.3, -0.25) is 0 Å². The third kappa shape index (κ3) is 2.21. The molecule has 3 heteroatoms. The molecule has 0 fully saturated rings. The predicted molar refractivity (Wildman–Crippen MR) is 54.8 cm³/mol. The van der Waals surface area contributed by atoms with Gasteiger partial charge in [0, 0.05) is 0 Å². The Balaban J connectivity index is 3.20. The maximum atomic E-state index is 10.3. The van der Waals surface area contributed by atoms with Gasteiger partial charge in [-0.05, 0) is 25.0 Å². The van der Waals surface area contributed by atoms with E-state index in [-0.39, 0.29) is 0 Å². The summed E-state index contributed by atoms with van der Waals surface area (Å²) in [6, 6.07) is 5.63. The van der Waals surface area contributed by atoms with E-state index in [1.54, 1.807) is 12.1 Å². The molecule has 1 aromatic rings. The summed E-state index contributed by atoms with van der Waals surface area (Å²) in [4.78, 5) is 13.9. The van der Waals surface area contributed by atoms with Gasteiger partial charge >= 0.3 is 0 Å². The second-order valence-electron chi connectivity index (χ2n) is 2.75. The van der Waals surface area contributed by atoms with Crippen molar-refractivity contribution < 1.29 is 9.53 Å². The zero-order valence-corrected chi connectivity index (χ0v) is 8.41. The molecule has 0 bridgehead atoms. The molecule has 0 saturated heterocycles. The van der Waals surface area contributed by atoms with Crippen LogP contribution in [-0.4, -0.2) is 12.7 Å². The summed E-state index contributed by atoms with van der Waals surface area (Å²) in [7, 11) is 0. The summed E-state index contributed by atoms with van der Waals surface area (Å²) in [6.07, 6.45) is 2.37. The van der Waals surface area contributed by atoms with Crippen molar-refractivity contribution in [1.82, 2.24) is 0 Å². The zero-order valence-electron chi connectivity index (χ0n) is 8.41. The summed E-state index contributed by atoms with van der Waals surface area (Å²) in [5.74, 6) is 0.648. The first-order valence-electron chi connectivity index (χ1n) is 4.66. The molecule has 0 aliphatic carbocycles. The van der Waals surface area contributed by atoms with Gasteiger partial charge in [-0.25, -0.2) is 4.79 Å². The SMILES string of the molecule is CCOc1cccc(CC)c1N=C=O. The summed E-state index contributed by atoms with van der Waals surface area (Å²) in [5.41, 5.74) is 1.60. The largest absolute Gasteiger partial charge is 0.492 e. The third-order valence-electron chi connectivity index (χ3n) is 1.92. The quantitative estimate of drug-likeness (QED) is 0.542. The molecule has 0 aliphatic rings. The van der Waals surface area contributed by atoms with Gasteiger partial charge in [0.25, 0.3) is 0 Å². The molecule has 0 atom stereocenters. The average Bonchev–Trinajstić information content (AvgIpc) is 2.21. The molecule has 1 rings (SSSR count). The lowest BCUT2D eigenvalue weighted by atomic mass is 10.1. The predicted octanol–water partition coefficient (Wildman–Crippen LogP) is 2.62. The molecule has 0 radical (unpaired) electrons. The molecule has 3 nitrogen and oxygen atoms in total. The number of hydrogen-bond acceptors (Lipinski definition) is 3. The molecule has 0 unspecified atom stereocenters. The van der Waals surface area contributed by atoms with Crippen LogP contribution in [-0.2, 0) is 11.2 Å². The lowest BCUT2D eigenvalue weighted by Gasteiger charge is -2.08. The van der Waals surface area contributed by atoms with Crippen LogP contribution in [0.3, 0.4) is 0 Å². The van der Waals surface area contributed by atoms with E-state index in [0.717, 1.165) is 12.0 Å². The van der Waals surface area contributed by atoms with Gasteiger partial charge < -0.3 is 4.74 Å². The molecule has 1 aromatic carbocycles. The van der Waals surface area contributed by atoms with Crippen molar-refractivity contribution in [1.29, 1.82) is 0 Å². The Labute approximate surface area is 83.4 Å². The highest BCUT2D eigenvalue weighted by Crippen LogP contribution is 2.31. The molecule has 0 heterocycles. The van der Waals surface area contributed by atoms with Gasteiger partial charge in [0.15, 0.2) is 0 Å². The normalized spacial score (nSPS) is 9.29. The molecule has 0 aliphatic heterocycles. The molecule has 0 amide bonds. The van der Waals surface area contributed by atoms with Crippen LogP contribution in [0.1, 0.15) is 19.4 Å². The van der Waals surface area contributed by atoms with Crippen molar-refractivity contribution in [2.45, 2.75) is 20.3 Å². The monoisotopic (exact) mass is 191 g/mol. The number of aliphatic imine (C=N–C) groups is 1. The fourth-order valence-electron chi connectivity index (χ4n) is 1.30. The lowest BCUT2D eigenvalue weighted by Crippen LogP contribution is -1.93. The maximum absolute atomic E-state index is 10.3. The minimum Gasteiger partial charge on any atom is -0.492 e. The van der Waals surface area contributed by atoms with Gasteiger partial charge in [-0.15, -0.1) is 0 Å². The smallest absolute Gasteiger partial charge is 0.240 e. The summed E-state index contributed by atoms with van der Waals surface area (Å²) in [6.45, 7) is 4.47. The Hall–Kier alpha value is -1.60. The molecule has 0 spiro atoms. The fraction of sp³-hybridized carbons (Fsp3) is 0.364. The Morgan fingerprint density at radius 1 is 1.43 bits per heavy atom. The highest BCUT2D eigenvalue weighted by atomic mass is 16.5. The highest BCUT2D eigenvalue weighted by Gasteiger charge is 2.06. The first-order chi connectivity index (χ1) is 6.83. The number of carbonyl (C=O) groups excluding carboxylic acids is 1. The topological polar surface area (TPSA) is 38.7 Å². The molecule has 0 saturated carbocycles. The van der Waals surface area contributed by atoms with Gasteiger partial charge in [0.1, 0.15) is 11.4 Å². The second-order valence-corrected chi connectivity index (χ2v) is 2.75. The standard InChI is InChI=1S/C11H13NO2/c1-3-9-6-5-7-10(14-4-2)11(9)12-8-13/h5-7H,3-4H2,1-2H3. The van der Waals surface area contributed by atoms with E-state index >= 15 is 0 Å². The fourth-order valence-corrected chi connectivity index (χ4v) is 1.30. The van der Waals surface area contributed by atoms with E-state index in [9.17, 15) is 4.79 Å². The van der Waals surface area contributed by atoms with Crippen LogP contribution in [0.4, 0.5) is 5.69 Å². The van der Waals surface area contributed by atoms with Crippen molar-refractivity contribution >= 4 is 11.8 Å². The van der Waals surface area contributed by atoms with Crippen molar-refractivity contribution in [3.05, 3.63) is 23.8 Å². The molecule has 74 valence electrons. The minimum atomic E-state index is 0.564. The van der Waals surface area contributed by atoms with Crippen molar-refractivity contribution in [3.63, 3.8) is 0 Å². The number of ether oxygens (including phenoxy) is 1. The molecule has 0 aromatic heterocycles. The summed E-state index contributed by atoms with van der Waals surface area (Å²) < 4.78 is 5.36. The lowest BCUT2D eigenvalue weighted by molar-refractivity contribution is 0.341. The van der Waals surface area contributed by atoms with Gasteiger partial charge in [-0.2, -0.15) is 4.99 Å². The van der Waals surface area contributed by atoms with Crippen LogP contribution in [0.2, 0.25) is 0 Å². The molecule has 0 N–H and O–H groups in total. The molecular formula is C11H13NO2. The summed E-state index contributed by atoms with van der Waals surface area (Å²) >= 11 is 0. The number of benzene rings is 1. The maximum Gasteiger partial charge on any atom is 0.240 e. The van der Waals surface area contributed by atoms with E-state index in [0.29, 0.717) is 18.0 Å². The van der Waals surface area contributed by atoms with Gasteiger partial charge in [0.2, 0.25) is 6.08 Å². The van der Waals surface area contributed by atoms with E-state index in [1.807, 2.05) is 26.0 Å². The first-order valence-corrected chi connectivity index (χ1v) is 4.66. The van der Waals surface area contributed by atoms with Crippen LogP contribution in [0, 0.1) is 0 Å². The number of rotatable bonds is 4. The zero-order chi connectivity index (χ0) is 10.4. The Morgan fingerprint density at radius 3 is 2.79 bits per heavy atom. The van der Waals surface area contributed by atoms with E-state index in [1.165, 1.54) is 0 Å². The Bertz CT molecular complexity index is 354. The van der Waals surface area contributed by atoms with Crippen LogP contribution >= 0.6 is 0 Å². The van der Waals surface area contributed by atoms with Gasteiger partial charge in [0.05, 0.1) is 6.61 Å². The van der Waals surface area contributed by atoms with E-state index in [2.05, 4.69) is 4.99 Å². The van der Waals surface area contributed by atoms with E-state index < -0.39 is 0 Å². The number of para-hydroxylation sites is 1. The Morgan fingerprint density at radius 2 is 2.21 bits per heavy atom. The third-order valence-corrected chi connectivity index (χ3v) is 1.92. The number of hydrogen-bond donors (Lipinski definition) is 0. The number of nitrogens with zero attached hydrogens (tertiary/aromatic N) is 1. The highest BCUT2D eigenvalue weighted by molar-refractivity contribution is 5.62. The van der Waals surface area contributed by atoms with Crippen molar-refractivity contribution in [3.8, 4) is 5.75 Å². The number of isocyanates is 1. The molecular weight excluding hydrogens is 178 g/mol. The van der Waals surface area contributed by atoms with Crippen molar-refractivity contribution in [2.75, 3.05) is 6.61 Å². The first kappa shape index (κ1) is 10.5. The molecule has 14 heavy (non-hydrogen) atoms. The van der Waals surface area contributed by atoms with Gasteiger partial charge in [-0.1, -0.05) is 19.1 Å².